The number of hydrogen-bond donors (Lipinski definition) is 3. The van der Waals surface area contributed by atoms with Gasteiger partial charge in [-0.3, -0.25) is 4.79 Å². The summed E-state index contributed by atoms with van der Waals surface area (Å²) in [5, 5.41) is 15.6. The summed E-state index contributed by atoms with van der Waals surface area (Å²) in [6.07, 6.45) is -0.357. The fourth-order valence-electron chi connectivity index (χ4n) is 2.17. The third-order valence-electron chi connectivity index (χ3n) is 3.37. The highest BCUT2D eigenvalue weighted by Crippen LogP contribution is 2.21. The van der Waals surface area contributed by atoms with Crippen molar-refractivity contribution in [2.24, 2.45) is 5.92 Å². The number of benzene rings is 1. The minimum Gasteiger partial charge on any atom is -0.494 e. The minimum atomic E-state index is -0.357. The molecule has 1 fully saturated rings. The van der Waals surface area contributed by atoms with Crippen LogP contribution in [0.3, 0.4) is 0 Å². The molecule has 6 heteroatoms. The Morgan fingerprint density at radius 1 is 1.43 bits per heavy atom. The summed E-state index contributed by atoms with van der Waals surface area (Å²) in [5.74, 6) is 1.33. The first-order valence-corrected chi connectivity index (χ1v) is 8.18. The topological polar surface area (TPSA) is 70.6 Å². The molecule has 2 rings (SSSR count). The van der Waals surface area contributed by atoms with Crippen LogP contribution in [0.25, 0.3) is 0 Å². The third-order valence-corrected chi connectivity index (χ3v) is 4.38. The number of carbonyl (C=O) groups excluding carboxylic acids is 1. The number of rotatable bonds is 7. The van der Waals surface area contributed by atoms with Crippen molar-refractivity contribution in [3.63, 3.8) is 0 Å². The van der Waals surface area contributed by atoms with Gasteiger partial charge in [-0.15, -0.1) is 11.8 Å². The van der Waals surface area contributed by atoms with Gasteiger partial charge in [0.2, 0.25) is 5.91 Å². The molecule has 1 aromatic carbocycles. The maximum absolute atomic E-state index is 11.8. The van der Waals surface area contributed by atoms with Gasteiger partial charge in [-0.2, -0.15) is 0 Å². The van der Waals surface area contributed by atoms with E-state index in [2.05, 4.69) is 10.6 Å². The van der Waals surface area contributed by atoms with Crippen LogP contribution in [0.15, 0.2) is 29.2 Å². The van der Waals surface area contributed by atoms with Crippen LogP contribution in [0, 0.1) is 5.92 Å². The molecule has 1 aromatic rings. The number of hydrogen-bond acceptors (Lipinski definition) is 5. The summed E-state index contributed by atoms with van der Waals surface area (Å²) in [7, 11) is 0. The molecule has 0 aliphatic carbocycles. The Kier molecular flexibility index (Phi) is 6.35. The van der Waals surface area contributed by atoms with E-state index in [1.807, 2.05) is 31.2 Å². The summed E-state index contributed by atoms with van der Waals surface area (Å²) in [6.45, 7) is 4.49. The number of β-amino-alcohol motifs (C(OH)–C–C–N with tert-alkyl or cyclic N) is 1. The van der Waals surface area contributed by atoms with Crippen molar-refractivity contribution in [1.29, 1.82) is 0 Å². The van der Waals surface area contributed by atoms with Gasteiger partial charge in [0.15, 0.2) is 0 Å². The summed E-state index contributed by atoms with van der Waals surface area (Å²) in [4.78, 5) is 12.8. The number of ether oxygens (including phenoxy) is 1. The van der Waals surface area contributed by atoms with E-state index < -0.39 is 0 Å². The zero-order chi connectivity index (χ0) is 15.1. The van der Waals surface area contributed by atoms with Crippen molar-refractivity contribution in [1.82, 2.24) is 10.6 Å². The standard InChI is InChI=1S/C15H22N2O3S/c1-2-20-12-3-5-13(6-4-12)21-10-15(19)17-8-11-7-16-9-14(11)18/h3-6,11,14,16,18H,2,7-10H2,1H3,(H,17,19). The molecule has 2 atom stereocenters. The molecule has 0 bridgehead atoms. The van der Waals surface area contributed by atoms with Crippen molar-refractivity contribution in [3.8, 4) is 5.75 Å². The van der Waals surface area contributed by atoms with Crippen LogP contribution in [0.1, 0.15) is 6.92 Å². The Morgan fingerprint density at radius 2 is 2.19 bits per heavy atom. The second kappa shape index (κ2) is 8.26. The maximum Gasteiger partial charge on any atom is 0.230 e. The van der Waals surface area contributed by atoms with E-state index in [-0.39, 0.29) is 17.9 Å². The molecule has 1 aliphatic rings. The molecule has 21 heavy (non-hydrogen) atoms. The Hall–Kier alpha value is -1.24. The predicted octanol–water partition coefficient (Wildman–Crippen LogP) is 0.874. The quantitative estimate of drug-likeness (QED) is 0.652. The second-order valence-corrected chi connectivity index (χ2v) is 6.03. The van der Waals surface area contributed by atoms with Gasteiger partial charge in [0.05, 0.1) is 18.5 Å². The SMILES string of the molecule is CCOc1ccc(SCC(=O)NCC2CNCC2O)cc1. The molecule has 0 spiro atoms. The van der Waals surface area contributed by atoms with Crippen molar-refractivity contribution in [3.05, 3.63) is 24.3 Å². The zero-order valence-corrected chi connectivity index (χ0v) is 13.0. The number of nitrogens with one attached hydrogen (secondary N) is 2. The average molecular weight is 310 g/mol. The third kappa shape index (κ3) is 5.22. The molecular weight excluding hydrogens is 288 g/mol. The molecule has 116 valence electrons. The van der Waals surface area contributed by atoms with Crippen LogP contribution in [0.5, 0.6) is 5.75 Å². The van der Waals surface area contributed by atoms with Crippen LogP contribution in [0.2, 0.25) is 0 Å². The first-order chi connectivity index (χ1) is 10.2. The molecule has 1 saturated heterocycles. The largest absolute Gasteiger partial charge is 0.494 e. The predicted molar refractivity (Wildman–Crippen MR) is 83.7 cm³/mol. The fourth-order valence-corrected chi connectivity index (χ4v) is 2.90. The van der Waals surface area contributed by atoms with Crippen molar-refractivity contribution in [2.75, 3.05) is 32.0 Å². The Morgan fingerprint density at radius 3 is 2.81 bits per heavy atom. The first-order valence-electron chi connectivity index (χ1n) is 7.20. The summed E-state index contributed by atoms with van der Waals surface area (Å²) >= 11 is 1.49. The lowest BCUT2D eigenvalue weighted by Gasteiger charge is -2.14. The smallest absolute Gasteiger partial charge is 0.230 e. The van der Waals surface area contributed by atoms with Gasteiger partial charge < -0.3 is 20.5 Å². The minimum absolute atomic E-state index is 0.00650. The van der Waals surface area contributed by atoms with Gasteiger partial charge in [0, 0.05) is 30.4 Å². The van der Waals surface area contributed by atoms with Crippen LogP contribution >= 0.6 is 11.8 Å². The van der Waals surface area contributed by atoms with E-state index in [0.717, 1.165) is 17.2 Å². The van der Waals surface area contributed by atoms with Crippen LogP contribution < -0.4 is 15.4 Å². The highest BCUT2D eigenvalue weighted by Gasteiger charge is 2.24. The molecule has 1 amide bonds. The average Bonchev–Trinajstić information content (AvgIpc) is 2.90. The molecule has 1 heterocycles. The first kappa shape index (κ1) is 16.1. The van der Waals surface area contributed by atoms with Gasteiger partial charge in [-0.25, -0.2) is 0 Å². The van der Waals surface area contributed by atoms with Gasteiger partial charge in [-0.05, 0) is 31.2 Å². The number of thioether (sulfide) groups is 1. The maximum atomic E-state index is 11.8. The molecular formula is C15H22N2O3S. The van der Waals surface area contributed by atoms with Gasteiger partial charge in [0.25, 0.3) is 0 Å². The molecule has 2 unspecified atom stereocenters. The Labute approximate surface area is 129 Å². The lowest BCUT2D eigenvalue weighted by Crippen LogP contribution is -2.35. The Bertz CT molecular complexity index is 453. The monoisotopic (exact) mass is 310 g/mol. The second-order valence-electron chi connectivity index (χ2n) is 4.98. The van der Waals surface area contributed by atoms with Crippen molar-refractivity contribution in [2.45, 2.75) is 17.9 Å². The molecule has 1 aliphatic heterocycles. The van der Waals surface area contributed by atoms with E-state index in [1.165, 1.54) is 11.8 Å². The van der Waals surface area contributed by atoms with Gasteiger partial charge in [-0.1, -0.05) is 0 Å². The van der Waals surface area contributed by atoms with Gasteiger partial charge >= 0.3 is 0 Å². The summed E-state index contributed by atoms with van der Waals surface area (Å²) in [5.41, 5.74) is 0. The lowest BCUT2D eigenvalue weighted by molar-refractivity contribution is -0.118. The number of carbonyl (C=O) groups is 1. The van der Waals surface area contributed by atoms with E-state index in [9.17, 15) is 9.90 Å². The van der Waals surface area contributed by atoms with Gasteiger partial charge in [0.1, 0.15) is 5.75 Å². The molecule has 0 saturated carbocycles. The highest BCUT2D eigenvalue weighted by atomic mass is 32.2. The fraction of sp³-hybridized carbons (Fsp3) is 0.533. The molecule has 0 aromatic heterocycles. The molecule has 0 radical (unpaired) electrons. The van der Waals surface area contributed by atoms with E-state index in [1.54, 1.807) is 0 Å². The van der Waals surface area contributed by atoms with Crippen LogP contribution in [-0.2, 0) is 4.79 Å². The lowest BCUT2D eigenvalue weighted by atomic mass is 10.1. The number of amides is 1. The summed E-state index contributed by atoms with van der Waals surface area (Å²) < 4.78 is 5.37. The Balaban J connectivity index is 1.68. The normalized spacial score (nSPS) is 21.2. The van der Waals surface area contributed by atoms with E-state index in [4.69, 9.17) is 4.74 Å². The van der Waals surface area contributed by atoms with Crippen LogP contribution in [0.4, 0.5) is 0 Å². The van der Waals surface area contributed by atoms with Crippen LogP contribution in [-0.4, -0.2) is 49.1 Å². The molecule has 5 nitrogen and oxygen atoms in total. The highest BCUT2D eigenvalue weighted by molar-refractivity contribution is 8.00. The number of aliphatic hydroxyl groups is 1. The number of aliphatic hydroxyl groups excluding tert-OH is 1. The van der Waals surface area contributed by atoms with E-state index >= 15 is 0 Å². The molecule has 3 N–H and O–H groups in total. The van der Waals surface area contributed by atoms with Crippen molar-refractivity contribution >= 4 is 17.7 Å². The zero-order valence-electron chi connectivity index (χ0n) is 12.2. The summed E-state index contributed by atoms with van der Waals surface area (Å²) in [6, 6.07) is 7.72. The van der Waals surface area contributed by atoms with Crippen molar-refractivity contribution < 1.29 is 14.6 Å². The van der Waals surface area contributed by atoms with E-state index in [0.29, 0.717) is 25.4 Å².